The molecule has 0 unspecified atom stereocenters. The predicted octanol–water partition coefficient (Wildman–Crippen LogP) is 2.08. The molecule has 0 saturated heterocycles. The van der Waals surface area contributed by atoms with E-state index in [0.717, 1.165) is 31.7 Å². The van der Waals surface area contributed by atoms with Crippen molar-refractivity contribution in [3.05, 3.63) is 6.33 Å². The first-order valence-corrected chi connectivity index (χ1v) is 6.22. The number of hydrogen-bond acceptors (Lipinski definition) is 5. The Morgan fingerprint density at radius 3 is 2.65 bits per heavy atom. The van der Waals surface area contributed by atoms with E-state index in [1.165, 1.54) is 6.33 Å². The van der Waals surface area contributed by atoms with E-state index in [2.05, 4.69) is 28.7 Å². The molecular weight excluding hydrogens is 216 g/mol. The van der Waals surface area contributed by atoms with Gasteiger partial charge in [0.15, 0.2) is 5.82 Å². The molecule has 2 N–H and O–H groups in total. The number of nitrogens with zero attached hydrogens (tertiary/aromatic N) is 3. The Labute approximate surface area is 103 Å². The van der Waals surface area contributed by atoms with E-state index >= 15 is 0 Å². The molecule has 1 rings (SSSR count). The number of aromatic nitrogens is 2. The molecule has 0 spiro atoms. The zero-order chi connectivity index (χ0) is 12.7. The number of ether oxygens (including phenoxy) is 1. The molecule has 17 heavy (non-hydrogen) atoms. The fourth-order valence-electron chi connectivity index (χ4n) is 1.64. The van der Waals surface area contributed by atoms with Crippen molar-refractivity contribution in [1.29, 1.82) is 0 Å². The van der Waals surface area contributed by atoms with Crippen LogP contribution in [-0.4, -0.2) is 29.7 Å². The van der Waals surface area contributed by atoms with Gasteiger partial charge in [0.1, 0.15) is 12.0 Å². The molecule has 0 radical (unpaired) electrons. The average Bonchev–Trinajstić information content (AvgIpc) is 2.34. The minimum Gasteiger partial charge on any atom is -0.476 e. The summed E-state index contributed by atoms with van der Waals surface area (Å²) in [4.78, 5) is 10.5. The Morgan fingerprint density at radius 2 is 2.06 bits per heavy atom. The number of nitrogens with two attached hydrogens (primary N) is 1. The smallest absolute Gasteiger partial charge is 0.242 e. The normalized spacial score (nSPS) is 10.3. The molecule has 96 valence electrons. The molecule has 0 aromatic carbocycles. The van der Waals surface area contributed by atoms with Crippen LogP contribution in [0.5, 0.6) is 5.88 Å². The van der Waals surface area contributed by atoms with Crippen LogP contribution >= 0.6 is 0 Å². The molecule has 1 aromatic heterocycles. The van der Waals surface area contributed by atoms with Gasteiger partial charge < -0.3 is 15.4 Å². The van der Waals surface area contributed by atoms with Crippen molar-refractivity contribution in [1.82, 2.24) is 9.97 Å². The molecule has 0 amide bonds. The van der Waals surface area contributed by atoms with E-state index in [9.17, 15) is 0 Å². The van der Waals surface area contributed by atoms with Crippen molar-refractivity contribution in [2.75, 3.05) is 30.3 Å². The summed E-state index contributed by atoms with van der Waals surface area (Å²) >= 11 is 0. The summed E-state index contributed by atoms with van der Waals surface area (Å²) < 4.78 is 5.37. The van der Waals surface area contributed by atoms with Crippen LogP contribution < -0.4 is 15.4 Å². The third-order valence-electron chi connectivity index (χ3n) is 2.57. The van der Waals surface area contributed by atoms with Crippen molar-refractivity contribution >= 4 is 11.5 Å². The lowest BCUT2D eigenvalue weighted by Crippen LogP contribution is -2.26. The van der Waals surface area contributed by atoms with E-state index < -0.39 is 0 Å². The Balaban J connectivity index is 2.90. The maximum atomic E-state index is 6.03. The van der Waals surface area contributed by atoms with Gasteiger partial charge in [-0.2, -0.15) is 4.98 Å². The lowest BCUT2D eigenvalue weighted by Gasteiger charge is -2.23. The summed E-state index contributed by atoms with van der Waals surface area (Å²) in [7, 11) is 0. The summed E-state index contributed by atoms with van der Waals surface area (Å²) in [5, 5.41) is 0. The Kier molecular flexibility index (Phi) is 5.52. The standard InChI is InChI=1S/C12H22N4O/c1-4-7-8-16(5-2)11-10(13)12(17-6-3)15-9-14-11/h9H,4-8,13H2,1-3H3. The minimum atomic E-state index is 0.479. The number of rotatable bonds is 7. The van der Waals surface area contributed by atoms with Gasteiger partial charge in [-0.15, -0.1) is 0 Å². The second-order valence-electron chi connectivity index (χ2n) is 3.78. The highest BCUT2D eigenvalue weighted by atomic mass is 16.5. The molecule has 0 aliphatic rings. The number of unbranched alkanes of at least 4 members (excludes halogenated alkanes) is 1. The highest BCUT2D eigenvalue weighted by Crippen LogP contribution is 2.27. The molecule has 5 heteroatoms. The summed E-state index contributed by atoms with van der Waals surface area (Å²) in [6.07, 6.45) is 3.78. The van der Waals surface area contributed by atoms with E-state index in [1.807, 2.05) is 6.92 Å². The van der Waals surface area contributed by atoms with Gasteiger partial charge in [0.25, 0.3) is 0 Å². The largest absolute Gasteiger partial charge is 0.476 e. The Morgan fingerprint density at radius 1 is 1.29 bits per heavy atom. The third-order valence-corrected chi connectivity index (χ3v) is 2.57. The van der Waals surface area contributed by atoms with Gasteiger partial charge in [0.2, 0.25) is 5.88 Å². The van der Waals surface area contributed by atoms with Gasteiger partial charge in [0, 0.05) is 13.1 Å². The van der Waals surface area contributed by atoms with Crippen LogP contribution in [0.2, 0.25) is 0 Å². The average molecular weight is 238 g/mol. The van der Waals surface area contributed by atoms with Gasteiger partial charge in [-0.3, -0.25) is 0 Å². The van der Waals surface area contributed by atoms with Crippen LogP contribution in [-0.2, 0) is 0 Å². The molecule has 0 bridgehead atoms. The van der Waals surface area contributed by atoms with Gasteiger partial charge in [0.05, 0.1) is 6.61 Å². The van der Waals surface area contributed by atoms with Crippen molar-refractivity contribution in [3.8, 4) is 5.88 Å². The van der Waals surface area contributed by atoms with E-state index in [-0.39, 0.29) is 0 Å². The molecule has 0 fully saturated rings. The van der Waals surface area contributed by atoms with Crippen molar-refractivity contribution in [2.24, 2.45) is 0 Å². The van der Waals surface area contributed by atoms with Crippen molar-refractivity contribution in [3.63, 3.8) is 0 Å². The van der Waals surface area contributed by atoms with Crippen LogP contribution in [0.4, 0.5) is 11.5 Å². The van der Waals surface area contributed by atoms with Crippen molar-refractivity contribution < 1.29 is 4.74 Å². The summed E-state index contributed by atoms with van der Waals surface area (Å²) in [5.74, 6) is 1.26. The summed E-state index contributed by atoms with van der Waals surface area (Å²) in [6.45, 7) is 8.57. The molecule has 0 saturated carbocycles. The fraction of sp³-hybridized carbons (Fsp3) is 0.667. The number of anilines is 2. The van der Waals surface area contributed by atoms with E-state index in [4.69, 9.17) is 10.5 Å². The molecule has 5 nitrogen and oxygen atoms in total. The Bertz CT molecular complexity index is 343. The molecule has 1 aromatic rings. The maximum Gasteiger partial charge on any atom is 0.242 e. The van der Waals surface area contributed by atoms with Crippen LogP contribution in [0.15, 0.2) is 6.33 Å². The van der Waals surface area contributed by atoms with Gasteiger partial charge in [-0.25, -0.2) is 4.98 Å². The van der Waals surface area contributed by atoms with Crippen LogP contribution in [0, 0.1) is 0 Å². The molecule has 0 aliphatic heterocycles. The molecule has 1 heterocycles. The summed E-state index contributed by atoms with van der Waals surface area (Å²) in [5.41, 5.74) is 6.56. The van der Waals surface area contributed by atoms with Crippen LogP contribution in [0.1, 0.15) is 33.6 Å². The third kappa shape index (κ3) is 3.47. The van der Waals surface area contributed by atoms with Crippen LogP contribution in [0.3, 0.4) is 0 Å². The molecule has 0 aliphatic carbocycles. The number of hydrogen-bond donors (Lipinski definition) is 1. The molecular formula is C12H22N4O. The highest BCUT2D eigenvalue weighted by molar-refractivity contribution is 5.67. The lowest BCUT2D eigenvalue weighted by molar-refractivity contribution is 0.328. The Hall–Kier alpha value is -1.52. The maximum absolute atomic E-state index is 6.03. The first kappa shape index (κ1) is 13.5. The van der Waals surface area contributed by atoms with Gasteiger partial charge >= 0.3 is 0 Å². The monoisotopic (exact) mass is 238 g/mol. The lowest BCUT2D eigenvalue weighted by atomic mass is 10.3. The zero-order valence-corrected chi connectivity index (χ0v) is 10.9. The van der Waals surface area contributed by atoms with Crippen molar-refractivity contribution in [2.45, 2.75) is 33.6 Å². The van der Waals surface area contributed by atoms with Gasteiger partial charge in [-0.1, -0.05) is 13.3 Å². The summed E-state index contributed by atoms with van der Waals surface area (Å²) in [6, 6.07) is 0. The molecule has 0 atom stereocenters. The minimum absolute atomic E-state index is 0.479. The van der Waals surface area contributed by atoms with E-state index in [1.54, 1.807) is 0 Å². The van der Waals surface area contributed by atoms with Crippen LogP contribution in [0.25, 0.3) is 0 Å². The zero-order valence-electron chi connectivity index (χ0n) is 10.9. The first-order chi connectivity index (χ1) is 8.24. The fourth-order valence-corrected chi connectivity index (χ4v) is 1.64. The topological polar surface area (TPSA) is 64.3 Å². The highest BCUT2D eigenvalue weighted by Gasteiger charge is 2.14. The van der Waals surface area contributed by atoms with E-state index in [0.29, 0.717) is 18.2 Å². The second kappa shape index (κ2) is 6.93. The SMILES string of the molecule is CCCCN(CC)c1ncnc(OCC)c1N. The second-order valence-corrected chi connectivity index (χ2v) is 3.78. The first-order valence-electron chi connectivity index (χ1n) is 6.22. The predicted molar refractivity (Wildman–Crippen MR) is 70.4 cm³/mol. The number of nitrogen functional groups attached to an aromatic ring is 1. The quantitative estimate of drug-likeness (QED) is 0.788. The van der Waals surface area contributed by atoms with Gasteiger partial charge in [-0.05, 0) is 20.3 Å².